The second kappa shape index (κ2) is 5.98. The zero-order chi connectivity index (χ0) is 12.1. The highest BCUT2D eigenvalue weighted by molar-refractivity contribution is 9.10. The number of benzene rings is 1. The van der Waals surface area contributed by atoms with Crippen molar-refractivity contribution in [3.8, 4) is 0 Å². The summed E-state index contributed by atoms with van der Waals surface area (Å²) in [6, 6.07) is 7.81. The van der Waals surface area contributed by atoms with Gasteiger partial charge in [-0.3, -0.25) is 9.69 Å². The molecule has 1 aromatic rings. The van der Waals surface area contributed by atoms with Crippen LogP contribution in [0.2, 0.25) is 0 Å². The number of hydrogen-bond acceptors (Lipinski definition) is 3. The van der Waals surface area contributed by atoms with E-state index in [0.29, 0.717) is 6.54 Å². The smallest absolute Gasteiger partial charge is 0.231 e. The molecule has 88 valence electrons. The molecule has 0 saturated carbocycles. The highest BCUT2D eigenvalue weighted by Crippen LogP contribution is 2.25. The standard InChI is InChI=1S/C11H16BrN3O/c1-15(7-11(14)16)10(6-13)8-4-2-3-5-9(8)12/h2-5,10H,6-7,13H2,1H3,(H2,14,16). The molecule has 1 rings (SSSR count). The van der Waals surface area contributed by atoms with Crippen molar-refractivity contribution in [2.75, 3.05) is 20.1 Å². The molecule has 16 heavy (non-hydrogen) atoms. The molecule has 1 aromatic carbocycles. The van der Waals surface area contributed by atoms with Crippen LogP contribution in [-0.2, 0) is 4.79 Å². The third-order valence-electron chi connectivity index (χ3n) is 2.42. The predicted octanol–water partition coefficient (Wildman–Crippen LogP) is 0.866. The van der Waals surface area contributed by atoms with E-state index in [-0.39, 0.29) is 18.5 Å². The Kier molecular flexibility index (Phi) is 4.92. The molecule has 1 atom stereocenters. The molecule has 0 aliphatic rings. The lowest BCUT2D eigenvalue weighted by Gasteiger charge is -2.26. The van der Waals surface area contributed by atoms with E-state index in [1.165, 1.54) is 0 Å². The second-order valence-corrected chi connectivity index (χ2v) is 4.51. The molecule has 5 heteroatoms. The van der Waals surface area contributed by atoms with Crippen LogP contribution < -0.4 is 11.5 Å². The second-order valence-electron chi connectivity index (χ2n) is 3.65. The number of likely N-dealkylation sites (N-methyl/N-ethyl adjacent to an activating group) is 1. The minimum Gasteiger partial charge on any atom is -0.369 e. The molecule has 4 nitrogen and oxygen atoms in total. The van der Waals surface area contributed by atoms with Gasteiger partial charge in [-0.1, -0.05) is 34.1 Å². The lowest BCUT2D eigenvalue weighted by atomic mass is 10.1. The number of nitrogens with zero attached hydrogens (tertiary/aromatic N) is 1. The van der Waals surface area contributed by atoms with Gasteiger partial charge in [0.05, 0.1) is 6.54 Å². The van der Waals surface area contributed by atoms with E-state index in [1.807, 2.05) is 36.2 Å². The van der Waals surface area contributed by atoms with E-state index in [0.717, 1.165) is 10.0 Å². The third-order valence-corrected chi connectivity index (χ3v) is 3.15. The maximum absolute atomic E-state index is 10.9. The average molecular weight is 286 g/mol. The number of amides is 1. The van der Waals surface area contributed by atoms with Gasteiger partial charge in [-0.15, -0.1) is 0 Å². The van der Waals surface area contributed by atoms with Gasteiger partial charge in [0.2, 0.25) is 5.91 Å². The van der Waals surface area contributed by atoms with Gasteiger partial charge >= 0.3 is 0 Å². The van der Waals surface area contributed by atoms with Crippen LogP contribution in [0.4, 0.5) is 0 Å². The monoisotopic (exact) mass is 285 g/mol. The molecule has 0 radical (unpaired) electrons. The number of primary amides is 1. The van der Waals surface area contributed by atoms with Crippen LogP contribution in [0.1, 0.15) is 11.6 Å². The number of halogens is 1. The molecular weight excluding hydrogens is 270 g/mol. The quantitative estimate of drug-likeness (QED) is 0.843. The van der Waals surface area contributed by atoms with Gasteiger partial charge in [0.25, 0.3) is 0 Å². The Hall–Kier alpha value is -0.910. The van der Waals surface area contributed by atoms with Gasteiger partial charge in [0, 0.05) is 17.1 Å². The van der Waals surface area contributed by atoms with Crippen molar-refractivity contribution in [1.29, 1.82) is 0 Å². The Bertz CT molecular complexity index is 370. The normalized spacial score (nSPS) is 12.8. The van der Waals surface area contributed by atoms with E-state index in [4.69, 9.17) is 11.5 Å². The number of nitrogens with two attached hydrogens (primary N) is 2. The molecule has 0 heterocycles. The van der Waals surface area contributed by atoms with Crippen molar-refractivity contribution in [1.82, 2.24) is 4.90 Å². The van der Waals surface area contributed by atoms with Crippen LogP contribution >= 0.6 is 15.9 Å². The Labute approximate surface area is 104 Å². The van der Waals surface area contributed by atoms with Gasteiger partial charge in [0.1, 0.15) is 0 Å². The fourth-order valence-electron chi connectivity index (χ4n) is 1.65. The zero-order valence-electron chi connectivity index (χ0n) is 9.19. The topological polar surface area (TPSA) is 72.3 Å². The first kappa shape index (κ1) is 13.2. The van der Waals surface area contributed by atoms with Crippen LogP contribution in [0, 0.1) is 0 Å². The van der Waals surface area contributed by atoms with Crippen LogP contribution in [0.3, 0.4) is 0 Å². The average Bonchev–Trinajstić information content (AvgIpc) is 2.20. The number of carbonyl (C=O) groups excluding carboxylic acids is 1. The van der Waals surface area contributed by atoms with E-state index >= 15 is 0 Å². The summed E-state index contributed by atoms with van der Waals surface area (Å²) in [6.45, 7) is 0.635. The maximum atomic E-state index is 10.9. The SMILES string of the molecule is CN(CC(N)=O)C(CN)c1ccccc1Br. The Balaban J connectivity index is 2.90. The molecule has 0 fully saturated rings. The highest BCUT2D eigenvalue weighted by atomic mass is 79.9. The van der Waals surface area contributed by atoms with Gasteiger partial charge < -0.3 is 11.5 Å². The van der Waals surface area contributed by atoms with Crippen molar-refractivity contribution >= 4 is 21.8 Å². The van der Waals surface area contributed by atoms with Crippen molar-refractivity contribution < 1.29 is 4.79 Å². The molecule has 4 N–H and O–H groups in total. The lowest BCUT2D eigenvalue weighted by Crippen LogP contribution is -2.37. The van der Waals surface area contributed by atoms with E-state index < -0.39 is 0 Å². The molecule has 0 saturated heterocycles. The summed E-state index contributed by atoms with van der Waals surface area (Å²) in [6.07, 6.45) is 0. The van der Waals surface area contributed by atoms with E-state index in [9.17, 15) is 4.79 Å². The first-order chi connectivity index (χ1) is 7.56. The number of hydrogen-bond donors (Lipinski definition) is 2. The van der Waals surface area contributed by atoms with Crippen LogP contribution in [0.5, 0.6) is 0 Å². The van der Waals surface area contributed by atoms with Crippen LogP contribution in [0.15, 0.2) is 28.7 Å². The highest BCUT2D eigenvalue weighted by Gasteiger charge is 2.18. The first-order valence-electron chi connectivity index (χ1n) is 4.99. The fourth-order valence-corrected chi connectivity index (χ4v) is 2.19. The van der Waals surface area contributed by atoms with Gasteiger partial charge in [0.15, 0.2) is 0 Å². The number of carbonyl (C=O) groups is 1. The van der Waals surface area contributed by atoms with E-state index in [1.54, 1.807) is 0 Å². The molecule has 1 amide bonds. The molecule has 0 aliphatic carbocycles. The van der Waals surface area contributed by atoms with Crippen LogP contribution in [0.25, 0.3) is 0 Å². The Morgan fingerprint density at radius 3 is 2.62 bits per heavy atom. The molecular formula is C11H16BrN3O. The number of rotatable bonds is 5. The molecule has 1 unspecified atom stereocenters. The van der Waals surface area contributed by atoms with Crippen molar-refractivity contribution in [2.45, 2.75) is 6.04 Å². The molecule has 0 aliphatic heterocycles. The van der Waals surface area contributed by atoms with Crippen molar-refractivity contribution in [3.05, 3.63) is 34.3 Å². The fraction of sp³-hybridized carbons (Fsp3) is 0.364. The molecule has 0 spiro atoms. The summed E-state index contributed by atoms with van der Waals surface area (Å²) in [5.74, 6) is -0.354. The maximum Gasteiger partial charge on any atom is 0.231 e. The summed E-state index contributed by atoms with van der Waals surface area (Å²) in [4.78, 5) is 12.7. The summed E-state index contributed by atoms with van der Waals surface area (Å²) < 4.78 is 0.988. The summed E-state index contributed by atoms with van der Waals surface area (Å²) in [7, 11) is 1.84. The van der Waals surface area contributed by atoms with Crippen molar-refractivity contribution in [3.63, 3.8) is 0 Å². The van der Waals surface area contributed by atoms with Gasteiger partial charge in [-0.25, -0.2) is 0 Å². The summed E-state index contributed by atoms with van der Waals surface area (Å²) in [5.41, 5.74) is 12.0. The summed E-state index contributed by atoms with van der Waals surface area (Å²) in [5, 5.41) is 0. The molecule has 0 bridgehead atoms. The molecule has 0 aromatic heterocycles. The zero-order valence-corrected chi connectivity index (χ0v) is 10.8. The lowest BCUT2D eigenvalue weighted by molar-refractivity contribution is -0.119. The first-order valence-corrected chi connectivity index (χ1v) is 5.78. The Morgan fingerprint density at radius 2 is 2.12 bits per heavy atom. The van der Waals surface area contributed by atoms with Crippen LogP contribution in [-0.4, -0.2) is 30.9 Å². The van der Waals surface area contributed by atoms with Gasteiger partial charge in [-0.05, 0) is 18.7 Å². The van der Waals surface area contributed by atoms with Gasteiger partial charge in [-0.2, -0.15) is 0 Å². The minimum atomic E-state index is -0.354. The Morgan fingerprint density at radius 1 is 1.50 bits per heavy atom. The third kappa shape index (κ3) is 3.30. The predicted molar refractivity (Wildman–Crippen MR) is 67.8 cm³/mol. The minimum absolute atomic E-state index is 0.0110. The summed E-state index contributed by atoms with van der Waals surface area (Å²) >= 11 is 3.47. The largest absolute Gasteiger partial charge is 0.369 e. The van der Waals surface area contributed by atoms with E-state index in [2.05, 4.69) is 15.9 Å². The van der Waals surface area contributed by atoms with Crippen molar-refractivity contribution in [2.24, 2.45) is 11.5 Å².